The van der Waals surface area contributed by atoms with Crippen LogP contribution in [0.2, 0.25) is 0 Å². The summed E-state index contributed by atoms with van der Waals surface area (Å²) in [4.78, 5) is 27.1. The Hall–Kier alpha value is -3.43. The second-order valence-electron chi connectivity index (χ2n) is 7.40. The lowest BCUT2D eigenvalue weighted by atomic mass is 10.2. The third kappa shape index (κ3) is 5.32. The van der Waals surface area contributed by atoms with Crippen molar-refractivity contribution in [2.24, 2.45) is 4.40 Å². The van der Waals surface area contributed by atoms with E-state index in [0.717, 1.165) is 17.3 Å². The molecule has 0 bridgehead atoms. The summed E-state index contributed by atoms with van der Waals surface area (Å²) in [5.41, 5.74) is 2.02. The Bertz CT molecular complexity index is 1290. The highest BCUT2D eigenvalue weighted by Gasteiger charge is 2.41. The molecule has 1 fully saturated rings. The summed E-state index contributed by atoms with van der Waals surface area (Å²) in [5, 5.41) is 1.97. The number of rotatable bonds is 6. The molecule has 168 valence electrons. The van der Waals surface area contributed by atoms with Crippen molar-refractivity contribution in [3.63, 3.8) is 0 Å². The van der Waals surface area contributed by atoms with Gasteiger partial charge in [-0.1, -0.05) is 65.9 Å². The zero-order valence-electron chi connectivity index (χ0n) is 17.7. The molecule has 1 aliphatic rings. The first kappa shape index (κ1) is 22.8. The molecule has 0 radical (unpaired) electrons. The third-order valence-corrected chi connectivity index (χ3v) is 7.43. The highest BCUT2D eigenvalue weighted by Crippen LogP contribution is 2.35. The average Bonchev–Trinajstić information content (AvgIpc) is 3.09. The smallest absolute Gasteiger partial charge is 0.284 e. The van der Waals surface area contributed by atoms with Crippen LogP contribution in [-0.2, 0) is 19.6 Å². The van der Waals surface area contributed by atoms with Gasteiger partial charge in [-0.15, -0.1) is 4.40 Å². The highest BCUT2D eigenvalue weighted by atomic mass is 32.2. The SMILES string of the molecule is Cc1ccc(S(=O)(=O)/N=C2/SC(CC(=O)Nc3ccccc3)C(=O)N2c2ccccc2)cc1. The number of amides is 2. The van der Waals surface area contributed by atoms with E-state index in [4.69, 9.17) is 0 Å². The number of nitrogens with zero attached hydrogens (tertiary/aromatic N) is 2. The van der Waals surface area contributed by atoms with E-state index < -0.39 is 21.2 Å². The number of thioether (sulfide) groups is 1. The van der Waals surface area contributed by atoms with Gasteiger partial charge >= 0.3 is 0 Å². The molecule has 1 N–H and O–H groups in total. The van der Waals surface area contributed by atoms with Gasteiger partial charge in [0.25, 0.3) is 10.0 Å². The van der Waals surface area contributed by atoms with Gasteiger partial charge in [-0.25, -0.2) is 0 Å². The van der Waals surface area contributed by atoms with E-state index in [1.54, 1.807) is 66.7 Å². The maximum Gasteiger partial charge on any atom is 0.284 e. The minimum atomic E-state index is -4.05. The molecule has 7 nitrogen and oxygen atoms in total. The lowest BCUT2D eigenvalue weighted by Crippen LogP contribution is -2.33. The molecule has 1 heterocycles. The van der Waals surface area contributed by atoms with Crippen LogP contribution < -0.4 is 10.2 Å². The fourth-order valence-electron chi connectivity index (χ4n) is 3.24. The number of sulfonamides is 1. The molecule has 0 aromatic heterocycles. The maximum atomic E-state index is 13.2. The van der Waals surface area contributed by atoms with Crippen LogP contribution in [0.5, 0.6) is 0 Å². The average molecular weight is 480 g/mol. The van der Waals surface area contributed by atoms with Crippen molar-refractivity contribution in [2.45, 2.75) is 23.5 Å². The number of amidine groups is 1. The lowest BCUT2D eigenvalue weighted by molar-refractivity contribution is -0.121. The molecule has 1 aliphatic heterocycles. The molecule has 1 unspecified atom stereocenters. The fourth-order valence-corrected chi connectivity index (χ4v) is 5.58. The van der Waals surface area contributed by atoms with E-state index in [0.29, 0.717) is 11.4 Å². The van der Waals surface area contributed by atoms with Crippen LogP contribution >= 0.6 is 11.8 Å². The number of carbonyl (C=O) groups excluding carboxylic acids is 2. The molecule has 3 aromatic carbocycles. The van der Waals surface area contributed by atoms with Crippen molar-refractivity contribution in [3.05, 3.63) is 90.5 Å². The first-order valence-electron chi connectivity index (χ1n) is 10.2. The summed E-state index contributed by atoms with van der Waals surface area (Å²) in [6.45, 7) is 1.86. The van der Waals surface area contributed by atoms with Crippen molar-refractivity contribution in [1.29, 1.82) is 0 Å². The van der Waals surface area contributed by atoms with Crippen molar-refractivity contribution in [3.8, 4) is 0 Å². The van der Waals surface area contributed by atoms with E-state index in [-0.39, 0.29) is 22.4 Å². The van der Waals surface area contributed by atoms with Crippen LogP contribution in [0, 0.1) is 6.92 Å². The van der Waals surface area contributed by atoms with Crippen LogP contribution in [0.3, 0.4) is 0 Å². The number of benzene rings is 3. The fraction of sp³-hybridized carbons (Fsp3) is 0.125. The van der Waals surface area contributed by atoms with Gasteiger partial charge in [0.2, 0.25) is 11.8 Å². The number of hydrogen-bond acceptors (Lipinski definition) is 5. The molecule has 33 heavy (non-hydrogen) atoms. The minimum Gasteiger partial charge on any atom is -0.326 e. The monoisotopic (exact) mass is 479 g/mol. The first-order valence-corrected chi connectivity index (χ1v) is 12.5. The number of anilines is 2. The minimum absolute atomic E-state index is 0.0179. The Labute approximate surface area is 196 Å². The van der Waals surface area contributed by atoms with E-state index in [9.17, 15) is 18.0 Å². The molecule has 1 atom stereocenters. The molecular weight excluding hydrogens is 458 g/mol. The van der Waals surface area contributed by atoms with E-state index in [1.807, 2.05) is 13.0 Å². The number of hydrogen-bond donors (Lipinski definition) is 1. The molecule has 0 aliphatic carbocycles. The van der Waals surface area contributed by atoms with Crippen LogP contribution in [0.4, 0.5) is 11.4 Å². The van der Waals surface area contributed by atoms with Crippen molar-refractivity contribution in [1.82, 2.24) is 0 Å². The van der Waals surface area contributed by atoms with Gasteiger partial charge < -0.3 is 5.32 Å². The van der Waals surface area contributed by atoms with Gasteiger partial charge in [0.15, 0.2) is 5.17 Å². The Balaban J connectivity index is 1.63. The second kappa shape index (κ2) is 9.60. The quantitative estimate of drug-likeness (QED) is 0.571. The van der Waals surface area contributed by atoms with E-state index >= 15 is 0 Å². The largest absolute Gasteiger partial charge is 0.326 e. The van der Waals surface area contributed by atoms with Crippen LogP contribution in [-0.4, -0.2) is 30.6 Å². The molecule has 0 saturated carbocycles. The zero-order valence-corrected chi connectivity index (χ0v) is 19.3. The molecular formula is C24H21N3O4S2. The van der Waals surface area contributed by atoms with Gasteiger partial charge in [0.05, 0.1) is 10.6 Å². The molecule has 0 spiro atoms. The Morgan fingerprint density at radius 2 is 1.58 bits per heavy atom. The summed E-state index contributed by atoms with van der Waals surface area (Å²) in [6.07, 6.45) is -0.120. The highest BCUT2D eigenvalue weighted by molar-refractivity contribution is 8.16. The lowest BCUT2D eigenvalue weighted by Gasteiger charge is -2.16. The van der Waals surface area contributed by atoms with Crippen LogP contribution in [0.15, 0.2) is 94.2 Å². The van der Waals surface area contributed by atoms with Crippen molar-refractivity contribution >= 4 is 50.1 Å². The van der Waals surface area contributed by atoms with Crippen LogP contribution in [0.25, 0.3) is 0 Å². The number of para-hydroxylation sites is 2. The standard InChI is InChI=1S/C24H21N3O4S2/c1-17-12-14-20(15-13-17)33(30,31)26-24-27(19-10-6-3-7-11-19)23(29)21(32-24)16-22(28)25-18-8-4-2-5-9-18/h2-15,21H,16H2,1H3,(H,25,28)/b26-24+. The Morgan fingerprint density at radius 1 is 0.970 bits per heavy atom. The zero-order chi connectivity index (χ0) is 23.4. The van der Waals surface area contributed by atoms with Crippen LogP contribution in [0.1, 0.15) is 12.0 Å². The predicted octanol–water partition coefficient (Wildman–Crippen LogP) is 4.22. The second-order valence-corrected chi connectivity index (χ2v) is 10.2. The first-order chi connectivity index (χ1) is 15.8. The number of nitrogens with one attached hydrogen (secondary N) is 1. The Morgan fingerprint density at radius 3 is 2.21 bits per heavy atom. The summed E-state index contributed by atoms with van der Waals surface area (Å²) >= 11 is 0.972. The van der Waals surface area contributed by atoms with Crippen molar-refractivity contribution in [2.75, 3.05) is 10.2 Å². The summed E-state index contributed by atoms with van der Waals surface area (Å²) in [5.74, 6) is -0.741. The van der Waals surface area contributed by atoms with E-state index in [1.165, 1.54) is 17.0 Å². The third-order valence-electron chi connectivity index (χ3n) is 4.89. The van der Waals surface area contributed by atoms with E-state index in [2.05, 4.69) is 9.71 Å². The molecule has 4 rings (SSSR count). The Kier molecular flexibility index (Phi) is 6.62. The van der Waals surface area contributed by atoms with Gasteiger partial charge in [-0.05, 0) is 43.3 Å². The maximum absolute atomic E-state index is 13.2. The number of carbonyl (C=O) groups is 2. The molecule has 2 amide bonds. The molecule has 9 heteroatoms. The summed E-state index contributed by atoms with van der Waals surface area (Å²) in [7, 11) is -4.05. The molecule has 1 saturated heterocycles. The summed E-state index contributed by atoms with van der Waals surface area (Å²) in [6, 6.07) is 23.9. The van der Waals surface area contributed by atoms with Crippen molar-refractivity contribution < 1.29 is 18.0 Å². The predicted molar refractivity (Wildman–Crippen MR) is 131 cm³/mol. The van der Waals surface area contributed by atoms with Gasteiger partial charge in [-0.3, -0.25) is 14.5 Å². The van der Waals surface area contributed by atoms with Gasteiger partial charge in [0, 0.05) is 12.1 Å². The normalized spacial score (nSPS) is 17.4. The van der Waals surface area contributed by atoms with Gasteiger partial charge in [-0.2, -0.15) is 8.42 Å². The van der Waals surface area contributed by atoms with Gasteiger partial charge in [0.1, 0.15) is 5.25 Å². The number of aryl methyl sites for hydroxylation is 1. The topological polar surface area (TPSA) is 95.9 Å². The summed E-state index contributed by atoms with van der Waals surface area (Å²) < 4.78 is 29.9. The molecule has 3 aromatic rings.